The molecule has 2 heterocycles. The van der Waals surface area contributed by atoms with E-state index < -0.39 is 32.7 Å². The highest BCUT2D eigenvalue weighted by Gasteiger charge is 2.42. The van der Waals surface area contributed by atoms with E-state index in [4.69, 9.17) is 4.74 Å². The number of aryl methyl sites for hydroxylation is 1. The van der Waals surface area contributed by atoms with Gasteiger partial charge in [0, 0.05) is 32.2 Å². The highest BCUT2D eigenvalue weighted by atomic mass is 32.2. The maximum Gasteiger partial charge on any atom is 0.246 e. The zero-order valence-corrected chi connectivity index (χ0v) is 13.8. The Labute approximate surface area is 137 Å². The van der Waals surface area contributed by atoms with Gasteiger partial charge in [0.1, 0.15) is 16.5 Å². The standard InChI is InChI=1S/C14H16F2N4O3S/c1-8-3-14(11(16)4-10(8)15)24(21,22)20-6-9(13(7-20)23-2)12-5-17-19-18-12/h3-5,9,13H,6-7H2,1-2H3,(H,17,18,19)/t9-,13+/m0/s1. The van der Waals surface area contributed by atoms with E-state index in [1.807, 2.05) is 0 Å². The van der Waals surface area contributed by atoms with Crippen molar-refractivity contribution in [1.82, 2.24) is 19.7 Å². The summed E-state index contributed by atoms with van der Waals surface area (Å²) >= 11 is 0. The van der Waals surface area contributed by atoms with Gasteiger partial charge in [-0.05, 0) is 18.6 Å². The van der Waals surface area contributed by atoms with Crippen molar-refractivity contribution in [3.05, 3.63) is 41.2 Å². The predicted molar refractivity (Wildman–Crippen MR) is 79.8 cm³/mol. The average molecular weight is 358 g/mol. The van der Waals surface area contributed by atoms with Gasteiger partial charge in [-0.2, -0.15) is 19.7 Å². The lowest BCUT2D eigenvalue weighted by molar-refractivity contribution is 0.101. The molecule has 1 saturated heterocycles. The molecule has 0 bridgehead atoms. The van der Waals surface area contributed by atoms with E-state index in [-0.39, 0.29) is 24.6 Å². The first-order valence-electron chi connectivity index (χ1n) is 7.19. The summed E-state index contributed by atoms with van der Waals surface area (Å²) in [6.07, 6.45) is 1.06. The first-order valence-corrected chi connectivity index (χ1v) is 8.63. The molecule has 24 heavy (non-hydrogen) atoms. The minimum Gasteiger partial charge on any atom is -0.379 e. The van der Waals surface area contributed by atoms with Crippen molar-refractivity contribution in [2.75, 3.05) is 20.2 Å². The van der Waals surface area contributed by atoms with Gasteiger partial charge in [0.25, 0.3) is 0 Å². The van der Waals surface area contributed by atoms with Crippen molar-refractivity contribution in [2.45, 2.75) is 23.8 Å². The Balaban J connectivity index is 1.95. The minimum atomic E-state index is -4.12. The van der Waals surface area contributed by atoms with Gasteiger partial charge < -0.3 is 4.74 Å². The van der Waals surface area contributed by atoms with Crippen LogP contribution in [0.2, 0.25) is 0 Å². The van der Waals surface area contributed by atoms with E-state index >= 15 is 0 Å². The molecule has 0 spiro atoms. The number of hydrogen-bond acceptors (Lipinski definition) is 5. The average Bonchev–Trinajstić information content (AvgIpc) is 3.18. The summed E-state index contributed by atoms with van der Waals surface area (Å²) in [5.41, 5.74) is 0.626. The zero-order chi connectivity index (χ0) is 17.5. The molecule has 1 aliphatic heterocycles. The number of ether oxygens (including phenoxy) is 1. The lowest BCUT2D eigenvalue weighted by Crippen LogP contribution is -2.30. The molecule has 1 N–H and O–H groups in total. The minimum absolute atomic E-state index is 0.0478. The Bertz CT molecular complexity index is 842. The van der Waals surface area contributed by atoms with Crippen LogP contribution in [0.1, 0.15) is 17.2 Å². The second-order valence-electron chi connectivity index (χ2n) is 5.63. The fraction of sp³-hybridized carbons (Fsp3) is 0.429. The molecule has 2 aromatic rings. The van der Waals surface area contributed by atoms with E-state index in [2.05, 4.69) is 15.4 Å². The fourth-order valence-electron chi connectivity index (χ4n) is 2.82. The number of nitrogens with one attached hydrogen (secondary N) is 1. The number of sulfonamides is 1. The SMILES string of the molecule is CO[C@@H]1CN(S(=O)(=O)c2cc(C)c(F)cc2F)C[C@H]1c1cn[nH]n1. The summed E-state index contributed by atoms with van der Waals surface area (Å²) in [5, 5.41) is 10.2. The summed E-state index contributed by atoms with van der Waals surface area (Å²) in [6.45, 7) is 1.50. The van der Waals surface area contributed by atoms with E-state index in [0.717, 1.165) is 10.4 Å². The predicted octanol–water partition coefficient (Wildman–Crippen LogP) is 1.19. The number of aromatic nitrogens is 3. The van der Waals surface area contributed by atoms with E-state index in [1.54, 1.807) is 0 Å². The number of aromatic amines is 1. The van der Waals surface area contributed by atoms with E-state index in [9.17, 15) is 17.2 Å². The summed E-state index contributed by atoms with van der Waals surface area (Å²) in [4.78, 5) is -0.544. The van der Waals surface area contributed by atoms with E-state index in [0.29, 0.717) is 11.8 Å². The summed E-state index contributed by atoms with van der Waals surface area (Å²) in [7, 11) is -2.65. The van der Waals surface area contributed by atoms with Gasteiger partial charge >= 0.3 is 0 Å². The van der Waals surface area contributed by atoms with Crippen molar-refractivity contribution < 1.29 is 21.9 Å². The Morgan fingerprint density at radius 2 is 2.04 bits per heavy atom. The number of hydrogen-bond donors (Lipinski definition) is 1. The molecule has 1 fully saturated rings. The Morgan fingerprint density at radius 1 is 1.29 bits per heavy atom. The lowest BCUT2D eigenvalue weighted by atomic mass is 10.0. The van der Waals surface area contributed by atoms with Crippen molar-refractivity contribution in [3.63, 3.8) is 0 Å². The number of nitrogens with zero attached hydrogens (tertiary/aromatic N) is 3. The Kier molecular flexibility index (Phi) is 4.37. The van der Waals surface area contributed by atoms with Crippen LogP contribution in [0.3, 0.4) is 0 Å². The summed E-state index contributed by atoms with van der Waals surface area (Å²) in [5.74, 6) is -2.23. The largest absolute Gasteiger partial charge is 0.379 e. The molecule has 0 unspecified atom stereocenters. The van der Waals surface area contributed by atoms with Gasteiger partial charge in [-0.15, -0.1) is 0 Å². The maximum atomic E-state index is 14.0. The van der Waals surface area contributed by atoms with Crippen LogP contribution in [0.5, 0.6) is 0 Å². The highest BCUT2D eigenvalue weighted by Crippen LogP contribution is 2.33. The molecule has 2 atom stereocenters. The number of methoxy groups -OCH3 is 1. The molecule has 3 rings (SSSR count). The molecule has 130 valence electrons. The van der Waals surface area contributed by atoms with Gasteiger partial charge in [-0.25, -0.2) is 17.2 Å². The lowest BCUT2D eigenvalue weighted by Gasteiger charge is -2.17. The molecule has 0 radical (unpaired) electrons. The van der Waals surface area contributed by atoms with Crippen LogP contribution in [0.4, 0.5) is 8.78 Å². The maximum absolute atomic E-state index is 14.0. The normalized spacial score (nSPS) is 22.2. The molecule has 1 aromatic carbocycles. The van der Waals surface area contributed by atoms with Crippen LogP contribution in [-0.2, 0) is 14.8 Å². The molecule has 1 aromatic heterocycles. The van der Waals surface area contributed by atoms with Gasteiger partial charge in [0.2, 0.25) is 10.0 Å². The van der Waals surface area contributed by atoms with Crippen molar-refractivity contribution >= 4 is 10.0 Å². The smallest absolute Gasteiger partial charge is 0.246 e. The topological polar surface area (TPSA) is 88.2 Å². The highest BCUT2D eigenvalue weighted by molar-refractivity contribution is 7.89. The first kappa shape index (κ1) is 16.9. The number of rotatable bonds is 4. The fourth-order valence-corrected chi connectivity index (χ4v) is 4.42. The van der Waals surface area contributed by atoms with Crippen LogP contribution in [0.25, 0.3) is 0 Å². The van der Waals surface area contributed by atoms with Crippen LogP contribution in [0.15, 0.2) is 23.2 Å². The van der Waals surface area contributed by atoms with Crippen LogP contribution in [0, 0.1) is 18.6 Å². The summed E-state index contributed by atoms with van der Waals surface area (Å²) < 4.78 is 59.4. The zero-order valence-electron chi connectivity index (χ0n) is 13.0. The second-order valence-corrected chi connectivity index (χ2v) is 7.54. The third-order valence-corrected chi connectivity index (χ3v) is 6.03. The van der Waals surface area contributed by atoms with E-state index in [1.165, 1.54) is 20.2 Å². The Morgan fingerprint density at radius 3 is 2.67 bits per heavy atom. The monoisotopic (exact) mass is 358 g/mol. The first-order chi connectivity index (χ1) is 11.3. The third kappa shape index (κ3) is 2.80. The van der Waals surface area contributed by atoms with Gasteiger partial charge in [-0.3, -0.25) is 0 Å². The van der Waals surface area contributed by atoms with Gasteiger partial charge in [0.15, 0.2) is 0 Å². The molecular formula is C14H16F2N4O3S. The number of H-pyrrole nitrogens is 1. The molecular weight excluding hydrogens is 342 g/mol. The van der Waals surface area contributed by atoms with Crippen LogP contribution >= 0.6 is 0 Å². The van der Waals surface area contributed by atoms with Gasteiger partial charge in [-0.1, -0.05) is 0 Å². The molecule has 0 aliphatic carbocycles. The molecule has 1 aliphatic rings. The third-order valence-electron chi connectivity index (χ3n) is 4.18. The molecule has 0 saturated carbocycles. The Hall–Kier alpha value is -1.91. The van der Waals surface area contributed by atoms with Crippen molar-refractivity contribution in [1.29, 1.82) is 0 Å². The van der Waals surface area contributed by atoms with Crippen molar-refractivity contribution in [2.24, 2.45) is 0 Å². The van der Waals surface area contributed by atoms with Crippen LogP contribution < -0.4 is 0 Å². The molecule has 7 nitrogen and oxygen atoms in total. The number of halogens is 2. The summed E-state index contributed by atoms with van der Waals surface area (Å²) in [6, 6.07) is 1.59. The quantitative estimate of drug-likeness (QED) is 0.887. The van der Waals surface area contributed by atoms with Crippen molar-refractivity contribution in [3.8, 4) is 0 Å². The molecule has 10 heteroatoms. The van der Waals surface area contributed by atoms with Crippen LogP contribution in [-0.4, -0.2) is 54.4 Å². The molecule has 0 amide bonds. The van der Waals surface area contributed by atoms with Gasteiger partial charge in [0.05, 0.1) is 18.0 Å². The second kappa shape index (κ2) is 6.19. The number of benzene rings is 1.